The first-order chi connectivity index (χ1) is 42.2. The smallest absolute Gasteiger partial charge is 0.249 e. The molecule has 0 aromatic rings. The van der Waals surface area contributed by atoms with Gasteiger partial charge in [0.05, 0.1) is 25.4 Å². The molecule has 11 nitrogen and oxygen atoms in total. The Hall–Kier alpha value is -1.41. The van der Waals surface area contributed by atoms with Crippen molar-refractivity contribution in [1.82, 2.24) is 5.32 Å². The number of nitrogens with one attached hydrogen (secondary N) is 1. The largest absolute Gasteiger partial charge is 0.394 e. The molecule has 86 heavy (non-hydrogen) atoms. The van der Waals surface area contributed by atoms with E-state index in [2.05, 4.69) is 43.5 Å². The third kappa shape index (κ3) is 50.3. The maximum absolute atomic E-state index is 13.3. The van der Waals surface area contributed by atoms with Gasteiger partial charge < -0.3 is 50.5 Å². The van der Waals surface area contributed by atoms with Gasteiger partial charge in [0.25, 0.3) is 0 Å². The first-order valence-electron chi connectivity index (χ1n) is 37.7. The van der Waals surface area contributed by atoms with Gasteiger partial charge in [-0.25, -0.2) is 0 Å². The predicted molar refractivity (Wildman–Crippen MR) is 362 cm³/mol. The molecule has 0 bridgehead atoms. The van der Waals surface area contributed by atoms with Gasteiger partial charge in [0.15, 0.2) is 6.29 Å². The molecule has 0 spiro atoms. The quantitative estimate of drug-likeness (QED) is 0.0215. The van der Waals surface area contributed by atoms with E-state index < -0.39 is 74.2 Å². The Morgan fingerprint density at radius 2 is 0.698 bits per heavy atom. The molecule has 1 saturated heterocycles. The summed E-state index contributed by atoms with van der Waals surface area (Å²) in [5.41, 5.74) is 0. The number of unbranched alkanes of at least 4 members (excludes halogenated alkanes) is 51. The van der Waals surface area contributed by atoms with Gasteiger partial charge >= 0.3 is 0 Å². The van der Waals surface area contributed by atoms with Gasteiger partial charge in [-0.2, -0.15) is 0 Å². The zero-order valence-electron chi connectivity index (χ0n) is 56.6. The van der Waals surface area contributed by atoms with E-state index in [-0.39, 0.29) is 12.8 Å². The standard InChI is InChI=1S/C75H145NO10/c1-3-5-7-9-11-13-15-17-19-21-23-25-27-29-30-31-32-33-34-35-36-37-39-41-43-45-47-49-51-53-55-57-59-61-63-68(79)74(84)76-66(65-85-75-73(83)72(82)71(81)69(64-77)86-75)70(80)67(78)62-60-58-56-54-52-50-48-46-44-42-40-38-28-26-24-22-20-18-16-14-12-10-8-6-4-2/h46,48,54,56,66-73,75,77-83H,3-45,47,49-53,55,57-65H2,1-2H3,(H,76,84)/b48-46+,56-54+. The highest BCUT2D eigenvalue weighted by atomic mass is 16.7. The lowest BCUT2D eigenvalue weighted by Gasteiger charge is -2.40. The summed E-state index contributed by atoms with van der Waals surface area (Å²) in [5, 5.41) is 76.6. The molecule has 1 amide bonds. The average molecular weight is 1220 g/mol. The van der Waals surface area contributed by atoms with Crippen LogP contribution in [0.4, 0.5) is 0 Å². The lowest BCUT2D eigenvalue weighted by Crippen LogP contribution is -2.60. The second-order valence-corrected chi connectivity index (χ2v) is 26.7. The van der Waals surface area contributed by atoms with E-state index in [1.165, 1.54) is 295 Å². The van der Waals surface area contributed by atoms with Crippen molar-refractivity contribution in [2.24, 2.45) is 0 Å². The molecule has 510 valence electrons. The first-order valence-corrected chi connectivity index (χ1v) is 37.7. The Morgan fingerprint density at radius 1 is 0.395 bits per heavy atom. The highest BCUT2D eigenvalue weighted by molar-refractivity contribution is 5.80. The van der Waals surface area contributed by atoms with Gasteiger partial charge in [-0.05, 0) is 51.4 Å². The maximum atomic E-state index is 13.3. The zero-order chi connectivity index (χ0) is 62.4. The molecule has 8 N–H and O–H groups in total. The van der Waals surface area contributed by atoms with Crippen molar-refractivity contribution in [3.63, 3.8) is 0 Å². The number of aliphatic hydroxyl groups excluding tert-OH is 7. The Labute approximate surface area is 531 Å². The van der Waals surface area contributed by atoms with Crippen molar-refractivity contribution in [3.05, 3.63) is 24.3 Å². The molecule has 1 aliphatic heterocycles. The molecule has 0 aromatic heterocycles. The molecular weight excluding hydrogens is 1070 g/mol. The summed E-state index contributed by atoms with van der Waals surface area (Å²) < 4.78 is 11.2. The third-order valence-electron chi connectivity index (χ3n) is 18.5. The highest BCUT2D eigenvalue weighted by Gasteiger charge is 2.44. The van der Waals surface area contributed by atoms with Crippen molar-refractivity contribution in [2.45, 2.75) is 435 Å². The van der Waals surface area contributed by atoms with Crippen molar-refractivity contribution < 1.29 is 50.0 Å². The van der Waals surface area contributed by atoms with Crippen LogP contribution in [0.15, 0.2) is 24.3 Å². The van der Waals surface area contributed by atoms with E-state index in [9.17, 15) is 40.5 Å². The number of ether oxygens (including phenoxy) is 2. The minimum atomic E-state index is -1.67. The van der Waals surface area contributed by atoms with Crippen LogP contribution in [-0.4, -0.2) is 110 Å². The molecule has 9 unspecified atom stereocenters. The summed E-state index contributed by atoms with van der Waals surface area (Å²) in [4.78, 5) is 13.3. The number of aliphatic hydroxyl groups is 7. The van der Waals surface area contributed by atoms with E-state index in [4.69, 9.17) is 9.47 Å². The fourth-order valence-electron chi connectivity index (χ4n) is 12.5. The number of hydrogen-bond donors (Lipinski definition) is 8. The molecule has 9 atom stereocenters. The van der Waals surface area contributed by atoms with Gasteiger partial charge in [-0.1, -0.05) is 353 Å². The van der Waals surface area contributed by atoms with Crippen LogP contribution in [0, 0.1) is 0 Å². The van der Waals surface area contributed by atoms with Gasteiger partial charge in [-0.3, -0.25) is 4.79 Å². The van der Waals surface area contributed by atoms with E-state index >= 15 is 0 Å². The second kappa shape index (κ2) is 63.7. The molecule has 0 aliphatic carbocycles. The Morgan fingerprint density at radius 3 is 1.03 bits per heavy atom. The van der Waals surface area contributed by atoms with Crippen molar-refractivity contribution >= 4 is 5.91 Å². The van der Waals surface area contributed by atoms with E-state index in [0.29, 0.717) is 19.3 Å². The summed E-state index contributed by atoms with van der Waals surface area (Å²) >= 11 is 0. The molecule has 0 aromatic carbocycles. The summed E-state index contributed by atoms with van der Waals surface area (Å²) in [6, 6.07) is -1.19. The van der Waals surface area contributed by atoms with Crippen LogP contribution in [0.5, 0.6) is 0 Å². The van der Waals surface area contributed by atoms with E-state index in [1.807, 2.05) is 0 Å². The van der Waals surface area contributed by atoms with Gasteiger partial charge in [-0.15, -0.1) is 0 Å². The Balaban J connectivity index is 2.16. The summed E-state index contributed by atoms with van der Waals surface area (Å²) in [7, 11) is 0. The van der Waals surface area contributed by atoms with E-state index in [1.54, 1.807) is 0 Å². The average Bonchev–Trinajstić information content (AvgIpc) is 2.92. The fraction of sp³-hybridized carbons (Fsp3) is 0.933. The molecule has 1 fully saturated rings. The maximum Gasteiger partial charge on any atom is 0.249 e. The summed E-state index contributed by atoms with van der Waals surface area (Å²) in [6.45, 7) is 3.50. The summed E-state index contributed by atoms with van der Waals surface area (Å²) in [6.07, 6.45) is 70.0. The van der Waals surface area contributed by atoms with Crippen LogP contribution < -0.4 is 5.32 Å². The number of carbonyl (C=O) groups is 1. The number of amides is 1. The normalized spacial score (nSPS) is 18.8. The molecule has 0 saturated carbocycles. The number of rotatable bonds is 67. The monoisotopic (exact) mass is 1220 g/mol. The van der Waals surface area contributed by atoms with Crippen molar-refractivity contribution in [2.75, 3.05) is 13.2 Å². The van der Waals surface area contributed by atoms with Crippen molar-refractivity contribution in [1.29, 1.82) is 0 Å². The van der Waals surface area contributed by atoms with Crippen molar-refractivity contribution in [3.8, 4) is 0 Å². The van der Waals surface area contributed by atoms with Gasteiger partial charge in [0.1, 0.15) is 36.6 Å². The SMILES string of the molecule is CCCCCCCCCCCCCCCCCC/C=C/CC/C=C/CCCC(O)C(O)C(COC1OC(CO)C(O)C(O)C1O)NC(=O)C(O)CCCCCCCCCCCCCCCCCCCCCCCCCCCCCCCCCCCC. The van der Waals surface area contributed by atoms with Crippen LogP contribution >= 0.6 is 0 Å². The lowest BCUT2D eigenvalue weighted by molar-refractivity contribution is -0.303. The Kier molecular flexibility index (Phi) is 61.2. The third-order valence-corrected chi connectivity index (χ3v) is 18.5. The molecule has 1 heterocycles. The minimum Gasteiger partial charge on any atom is -0.394 e. The van der Waals surface area contributed by atoms with Gasteiger partial charge in [0.2, 0.25) is 5.91 Å². The number of allylic oxidation sites excluding steroid dienone is 4. The van der Waals surface area contributed by atoms with Gasteiger partial charge in [0, 0.05) is 0 Å². The summed E-state index contributed by atoms with van der Waals surface area (Å²) in [5.74, 6) is -0.702. The van der Waals surface area contributed by atoms with Crippen LogP contribution in [0.2, 0.25) is 0 Å². The van der Waals surface area contributed by atoms with Crippen LogP contribution in [-0.2, 0) is 14.3 Å². The first kappa shape index (κ1) is 82.6. The number of hydrogen-bond acceptors (Lipinski definition) is 10. The fourth-order valence-corrected chi connectivity index (χ4v) is 12.5. The van der Waals surface area contributed by atoms with E-state index in [0.717, 1.165) is 38.5 Å². The molecule has 0 radical (unpaired) electrons. The highest BCUT2D eigenvalue weighted by Crippen LogP contribution is 2.24. The molecule has 1 rings (SSSR count). The second-order valence-electron chi connectivity index (χ2n) is 26.7. The predicted octanol–water partition coefficient (Wildman–Crippen LogP) is 18.8. The number of carbonyl (C=O) groups excluding carboxylic acids is 1. The molecule has 11 heteroatoms. The minimum absolute atomic E-state index is 0.249. The van der Waals surface area contributed by atoms with Crippen LogP contribution in [0.1, 0.15) is 380 Å². The zero-order valence-corrected chi connectivity index (χ0v) is 56.6. The Bertz CT molecular complexity index is 1450. The molecular formula is C75H145NO10. The lowest BCUT2D eigenvalue weighted by atomic mass is 9.98. The topological polar surface area (TPSA) is 189 Å². The van der Waals surface area contributed by atoms with Crippen LogP contribution in [0.3, 0.4) is 0 Å². The molecule has 1 aliphatic rings. The van der Waals surface area contributed by atoms with Crippen LogP contribution in [0.25, 0.3) is 0 Å².